The first-order valence-corrected chi connectivity index (χ1v) is 24.1. The number of para-hydroxylation sites is 10. The molecule has 0 fully saturated rings. The molecular formula is C66H42N4. The average Bonchev–Trinajstić information content (AvgIpc) is 4.16. The quantitative estimate of drug-likeness (QED) is 0.158. The fourth-order valence-corrected chi connectivity index (χ4v) is 11.9. The molecule has 0 atom stereocenters. The molecule has 0 bridgehead atoms. The summed E-state index contributed by atoms with van der Waals surface area (Å²) in [7, 11) is 0. The van der Waals surface area contributed by atoms with E-state index in [1.54, 1.807) is 0 Å². The van der Waals surface area contributed by atoms with Crippen molar-refractivity contribution in [3.63, 3.8) is 0 Å². The van der Waals surface area contributed by atoms with E-state index in [2.05, 4.69) is 273 Å². The van der Waals surface area contributed by atoms with Gasteiger partial charge < -0.3 is 18.3 Å². The molecule has 326 valence electrons. The maximum Gasteiger partial charge on any atom is 0.0620 e. The molecule has 0 unspecified atom stereocenters. The predicted octanol–water partition coefficient (Wildman–Crippen LogP) is 17.4. The Hall–Kier alpha value is -9.38. The first-order chi connectivity index (χ1) is 34.8. The summed E-state index contributed by atoms with van der Waals surface area (Å²) >= 11 is 0. The van der Waals surface area contributed by atoms with E-state index in [1.165, 1.54) is 76.2 Å². The summed E-state index contributed by atoms with van der Waals surface area (Å²) < 4.78 is 9.90. The second-order valence-electron chi connectivity index (χ2n) is 18.4. The summed E-state index contributed by atoms with van der Waals surface area (Å²) in [6, 6.07) is 93.7. The van der Waals surface area contributed by atoms with Crippen LogP contribution in [0.1, 0.15) is 0 Å². The van der Waals surface area contributed by atoms with Gasteiger partial charge in [-0.25, -0.2) is 0 Å². The van der Waals surface area contributed by atoms with Gasteiger partial charge in [-0.15, -0.1) is 0 Å². The number of nitrogens with zero attached hydrogens (tertiary/aromatic N) is 4. The zero-order valence-electron chi connectivity index (χ0n) is 38.0. The van der Waals surface area contributed by atoms with Gasteiger partial charge in [0.25, 0.3) is 0 Å². The topological polar surface area (TPSA) is 19.7 Å². The molecule has 0 N–H and O–H groups in total. The first-order valence-electron chi connectivity index (χ1n) is 24.1. The van der Waals surface area contributed by atoms with Crippen molar-refractivity contribution in [3.8, 4) is 45.0 Å². The van der Waals surface area contributed by atoms with Crippen LogP contribution in [0, 0.1) is 0 Å². The molecule has 0 aliphatic heterocycles. The van der Waals surface area contributed by atoms with Gasteiger partial charge in [-0.2, -0.15) is 0 Å². The van der Waals surface area contributed by atoms with Gasteiger partial charge in [-0.05, 0) is 72.8 Å². The Morgan fingerprint density at radius 3 is 0.871 bits per heavy atom. The van der Waals surface area contributed by atoms with Crippen LogP contribution in [0.2, 0.25) is 0 Å². The van der Waals surface area contributed by atoms with Crippen LogP contribution >= 0.6 is 0 Å². The van der Waals surface area contributed by atoms with Crippen molar-refractivity contribution >= 4 is 87.2 Å². The summed E-state index contributed by atoms with van der Waals surface area (Å²) in [6.45, 7) is 0. The fraction of sp³-hybridized carbons (Fsp3) is 0. The van der Waals surface area contributed by atoms with E-state index >= 15 is 0 Å². The van der Waals surface area contributed by atoms with Gasteiger partial charge in [0.1, 0.15) is 0 Å². The minimum Gasteiger partial charge on any atom is -0.309 e. The van der Waals surface area contributed by atoms with Crippen LogP contribution < -0.4 is 0 Å². The van der Waals surface area contributed by atoms with Crippen LogP contribution in [0.4, 0.5) is 0 Å². The summed E-state index contributed by atoms with van der Waals surface area (Å²) in [5, 5.41) is 9.88. The lowest BCUT2D eigenvalue weighted by atomic mass is 9.93. The van der Waals surface area contributed by atoms with E-state index in [9.17, 15) is 0 Å². The zero-order chi connectivity index (χ0) is 45.9. The summed E-state index contributed by atoms with van der Waals surface area (Å²) in [5.41, 5.74) is 18.5. The van der Waals surface area contributed by atoms with Crippen molar-refractivity contribution in [2.75, 3.05) is 0 Å². The molecule has 0 radical (unpaired) electrons. The van der Waals surface area contributed by atoms with Crippen LogP contribution in [-0.2, 0) is 0 Å². The number of benzene rings is 11. The third kappa shape index (κ3) is 5.47. The molecule has 4 nitrogen and oxygen atoms in total. The van der Waals surface area contributed by atoms with Gasteiger partial charge in [0.05, 0.1) is 61.2 Å². The Morgan fingerprint density at radius 2 is 0.471 bits per heavy atom. The molecule has 4 aromatic heterocycles. The maximum absolute atomic E-state index is 2.53. The Kier molecular flexibility index (Phi) is 8.33. The zero-order valence-corrected chi connectivity index (χ0v) is 38.0. The maximum atomic E-state index is 2.53. The van der Waals surface area contributed by atoms with E-state index in [4.69, 9.17) is 0 Å². The molecule has 15 rings (SSSR count). The normalized spacial score (nSPS) is 12.0. The van der Waals surface area contributed by atoms with E-state index in [-0.39, 0.29) is 0 Å². The van der Waals surface area contributed by atoms with Crippen molar-refractivity contribution in [3.05, 3.63) is 255 Å². The predicted molar refractivity (Wildman–Crippen MR) is 295 cm³/mol. The Balaban J connectivity index is 1.02. The van der Waals surface area contributed by atoms with Gasteiger partial charge >= 0.3 is 0 Å². The number of fused-ring (bicyclic) bond motifs is 12. The molecule has 0 spiro atoms. The van der Waals surface area contributed by atoms with Crippen molar-refractivity contribution < 1.29 is 0 Å². The number of rotatable bonds is 6. The molecule has 0 saturated heterocycles. The van der Waals surface area contributed by atoms with Crippen molar-refractivity contribution in [1.29, 1.82) is 0 Å². The molecule has 0 saturated carbocycles. The molecule has 4 heterocycles. The molecule has 0 aliphatic rings. The lowest BCUT2D eigenvalue weighted by Crippen LogP contribution is -2.05. The van der Waals surface area contributed by atoms with Crippen LogP contribution in [0.5, 0.6) is 0 Å². The molecule has 15 aromatic rings. The smallest absolute Gasteiger partial charge is 0.0620 e. The largest absolute Gasteiger partial charge is 0.309 e. The lowest BCUT2D eigenvalue weighted by molar-refractivity contribution is 1.15. The number of aromatic nitrogens is 4. The lowest BCUT2D eigenvalue weighted by Gasteiger charge is -2.23. The highest BCUT2D eigenvalue weighted by Crippen LogP contribution is 2.46. The third-order valence-electron chi connectivity index (χ3n) is 14.8. The monoisotopic (exact) mass is 890 g/mol. The van der Waals surface area contributed by atoms with Gasteiger partial charge in [0.15, 0.2) is 0 Å². The van der Waals surface area contributed by atoms with Crippen LogP contribution in [0.25, 0.3) is 132 Å². The molecule has 0 aliphatic carbocycles. The van der Waals surface area contributed by atoms with Crippen molar-refractivity contribution in [2.45, 2.75) is 0 Å². The summed E-state index contributed by atoms with van der Waals surface area (Å²) in [6.07, 6.45) is 0. The summed E-state index contributed by atoms with van der Waals surface area (Å²) in [4.78, 5) is 0. The van der Waals surface area contributed by atoms with Crippen molar-refractivity contribution in [1.82, 2.24) is 18.3 Å². The first kappa shape index (κ1) is 38.7. The van der Waals surface area contributed by atoms with Crippen LogP contribution in [0.15, 0.2) is 255 Å². The number of hydrogen-bond donors (Lipinski definition) is 0. The molecule has 0 amide bonds. The highest BCUT2D eigenvalue weighted by atomic mass is 15.0. The minimum atomic E-state index is 1.12. The van der Waals surface area contributed by atoms with E-state index in [0.717, 1.165) is 56.0 Å². The Morgan fingerprint density at radius 1 is 0.186 bits per heavy atom. The third-order valence-corrected chi connectivity index (χ3v) is 14.8. The highest BCUT2D eigenvalue weighted by molar-refractivity contribution is 6.15. The minimum absolute atomic E-state index is 1.12. The van der Waals surface area contributed by atoms with E-state index in [0.29, 0.717) is 0 Å². The SMILES string of the molecule is c1ccc(-n2c3ccccc3c3ccccc32)c(-c2cccc(-c3ccccc3-n3c4ccccc4c4cc(-n5c6ccccc6c6ccccc65)ccc43)c2-n2c3ccccc3c3ccccc32)c1. The van der Waals surface area contributed by atoms with E-state index < -0.39 is 0 Å². The Bertz CT molecular complexity index is 4450. The van der Waals surface area contributed by atoms with Gasteiger partial charge in [0, 0.05) is 71.0 Å². The van der Waals surface area contributed by atoms with E-state index in [1.807, 2.05) is 0 Å². The highest BCUT2D eigenvalue weighted by Gasteiger charge is 2.25. The van der Waals surface area contributed by atoms with Gasteiger partial charge in [-0.3, -0.25) is 0 Å². The molecule has 70 heavy (non-hydrogen) atoms. The number of hydrogen-bond acceptors (Lipinski definition) is 0. The second-order valence-corrected chi connectivity index (χ2v) is 18.4. The Labute approximate surface area is 403 Å². The van der Waals surface area contributed by atoms with Crippen molar-refractivity contribution in [2.24, 2.45) is 0 Å². The van der Waals surface area contributed by atoms with Gasteiger partial charge in [0.2, 0.25) is 0 Å². The second kappa shape index (κ2) is 15.1. The van der Waals surface area contributed by atoms with Crippen LogP contribution in [-0.4, -0.2) is 18.3 Å². The average molecular weight is 891 g/mol. The fourth-order valence-electron chi connectivity index (χ4n) is 11.9. The molecule has 11 aromatic carbocycles. The van der Waals surface area contributed by atoms with Crippen LogP contribution in [0.3, 0.4) is 0 Å². The van der Waals surface area contributed by atoms with Gasteiger partial charge in [-0.1, -0.05) is 182 Å². The summed E-state index contributed by atoms with van der Waals surface area (Å²) in [5.74, 6) is 0. The molecule has 4 heteroatoms. The standard InChI is InChI=1S/C66H42N4/c1-10-31-56-44(20-1)45-21-2-11-32-57(45)67(56)43-40-41-65-55(42-43)52-28-9-16-37-62(52)69(65)61-36-15-8-27-51(61)54-30-19-29-53(66(54)70-63-38-17-5-24-48(63)49-25-6-18-39-64(49)70)50-26-7-14-35-60(50)68-58-33-12-3-22-46(58)47-23-4-13-34-59(47)68/h1-42H. The molecular weight excluding hydrogens is 849 g/mol.